The number of hydrogen-bond donors (Lipinski definition) is 3. The first kappa shape index (κ1) is 61.6. The van der Waals surface area contributed by atoms with Gasteiger partial charge in [-0.1, -0.05) is 301 Å². The van der Waals surface area contributed by atoms with Crippen molar-refractivity contribution in [2.45, 2.75) is 328 Å². The van der Waals surface area contributed by atoms with Crippen molar-refractivity contribution in [1.29, 1.82) is 0 Å². The molecule has 0 saturated heterocycles. The zero-order valence-corrected chi connectivity index (χ0v) is 42.9. The van der Waals surface area contributed by atoms with Gasteiger partial charge in [0.2, 0.25) is 5.91 Å². The second kappa shape index (κ2) is 54.9. The van der Waals surface area contributed by atoms with Gasteiger partial charge >= 0.3 is 0 Å². The zero-order chi connectivity index (χ0) is 45.6. The second-order valence-electron chi connectivity index (χ2n) is 19.7. The SMILES string of the molecule is CCCCCCC/C=C/CC/C=C/CC/C=C/C(O)C(CO)NC(=O)CCCCCCCCCCCCCCCCCCCCCCCCCCCCCCCCCCCCCC. The minimum atomic E-state index is -0.868. The largest absolute Gasteiger partial charge is 0.394 e. The van der Waals surface area contributed by atoms with Crippen molar-refractivity contribution >= 4 is 5.91 Å². The highest BCUT2D eigenvalue weighted by atomic mass is 16.3. The monoisotopic (exact) mass is 884 g/mol. The summed E-state index contributed by atoms with van der Waals surface area (Å²) in [5, 5.41) is 23.1. The molecule has 372 valence electrons. The van der Waals surface area contributed by atoms with Gasteiger partial charge in [0.1, 0.15) is 0 Å². The third-order valence-corrected chi connectivity index (χ3v) is 13.4. The van der Waals surface area contributed by atoms with Gasteiger partial charge in [-0.3, -0.25) is 4.79 Å². The molecule has 0 rings (SSSR count). The fourth-order valence-corrected chi connectivity index (χ4v) is 8.98. The van der Waals surface area contributed by atoms with Crippen molar-refractivity contribution in [2.24, 2.45) is 0 Å². The summed E-state index contributed by atoms with van der Waals surface area (Å²) in [6.45, 7) is 4.30. The molecule has 0 saturated carbocycles. The topological polar surface area (TPSA) is 69.6 Å². The molecular weight excluding hydrogens is 771 g/mol. The Morgan fingerprint density at radius 2 is 0.619 bits per heavy atom. The first-order valence-electron chi connectivity index (χ1n) is 28.7. The van der Waals surface area contributed by atoms with Crippen LogP contribution in [-0.2, 0) is 4.79 Å². The molecule has 0 spiro atoms. The molecule has 4 nitrogen and oxygen atoms in total. The molecule has 0 bridgehead atoms. The van der Waals surface area contributed by atoms with Gasteiger partial charge in [0.15, 0.2) is 0 Å². The molecule has 63 heavy (non-hydrogen) atoms. The van der Waals surface area contributed by atoms with Crippen LogP contribution in [0.5, 0.6) is 0 Å². The molecule has 0 aliphatic carbocycles. The summed E-state index contributed by atoms with van der Waals surface area (Å²) in [4.78, 5) is 12.4. The third kappa shape index (κ3) is 51.5. The van der Waals surface area contributed by atoms with E-state index in [2.05, 4.69) is 43.5 Å². The van der Waals surface area contributed by atoms with Gasteiger partial charge in [-0.25, -0.2) is 0 Å². The normalized spacial score (nSPS) is 13.0. The molecule has 0 heterocycles. The van der Waals surface area contributed by atoms with Gasteiger partial charge in [0.05, 0.1) is 18.8 Å². The molecule has 0 radical (unpaired) electrons. The number of aliphatic hydroxyl groups excluding tert-OH is 2. The van der Waals surface area contributed by atoms with Crippen LogP contribution in [0.4, 0.5) is 0 Å². The van der Waals surface area contributed by atoms with Crippen molar-refractivity contribution in [2.75, 3.05) is 6.61 Å². The predicted octanol–water partition coefficient (Wildman–Crippen LogP) is 18.9. The quantitative estimate of drug-likeness (QED) is 0.0421. The van der Waals surface area contributed by atoms with Crippen LogP contribution in [0.3, 0.4) is 0 Å². The Morgan fingerprint density at radius 1 is 0.365 bits per heavy atom. The van der Waals surface area contributed by atoms with E-state index in [1.54, 1.807) is 6.08 Å². The van der Waals surface area contributed by atoms with Crippen LogP contribution >= 0.6 is 0 Å². The number of rotatable bonds is 53. The highest BCUT2D eigenvalue weighted by Crippen LogP contribution is 2.18. The Morgan fingerprint density at radius 3 is 0.921 bits per heavy atom. The van der Waals surface area contributed by atoms with Crippen LogP contribution in [0, 0.1) is 0 Å². The Labute approximate surface area is 395 Å². The van der Waals surface area contributed by atoms with Gasteiger partial charge in [-0.05, 0) is 44.9 Å². The van der Waals surface area contributed by atoms with Gasteiger partial charge < -0.3 is 15.5 Å². The summed E-state index contributed by atoms with van der Waals surface area (Å²) in [6, 6.07) is -0.643. The number of carbonyl (C=O) groups excluding carboxylic acids is 1. The van der Waals surface area contributed by atoms with E-state index in [1.807, 2.05) is 6.08 Å². The number of amides is 1. The van der Waals surface area contributed by atoms with Crippen molar-refractivity contribution in [3.05, 3.63) is 36.5 Å². The Bertz CT molecular complexity index is 958. The average Bonchev–Trinajstić information content (AvgIpc) is 3.29. The second-order valence-corrected chi connectivity index (χ2v) is 19.7. The molecule has 0 aliphatic rings. The van der Waals surface area contributed by atoms with Crippen LogP contribution in [-0.4, -0.2) is 34.9 Å². The highest BCUT2D eigenvalue weighted by molar-refractivity contribution is 5.76. The lowest BCUT2D eigenvalue weighted by atomic mass is 10.0. The molecule has 0 aromatic rings. The Balaban J connectivity index is 3.40. The molecule has 0 fully saturated rings. The van der Waals surface area contributed by atoms with Crippen LogP contribution in [0.2, 0.25) is 0 Å². The molecule has 3 N–H and O–H groups in total. The van der Waals surface area contributed by atoms with Crippen molar-refractivity contribution in [1.82, 2.24) is 5.32 Å². The summed E-state index contributed by atoms with van der Waals surface area (Å²) in [5.74, 6) is -0.0730. The van der Waals surface area contributed by atoms with E-state index < -0.39 is 12.1 Å². The Hall–Kier alpha value is -1.39. The lowest BCUT2D eigenvalue weighted by molar-refractivity contribution is -0.123. The fourth-order valence-electron chi connectivity index (χ4n) is 8.98. The van der Waals surface area contributed by atoms with Crippen molar-refractivity contribution in [3.63, 3.8) is 0 Å². The number of hydrogen-bond acceptors (Lipinski definition) is 3. The standard InChI is InChI=1S/C59H113NO3/c1-3-5-7-9-11-13-15-17-19-20-21-22-23-24-25-26-27-28-29-30-31-32-33-34-35-36-37-38-39-41-43-45-47-49-51-53-55-59(63)60-57(56-61)58(62)54-52-50-48-46-44-42-40-18-16-14-12-10-8-6-4-2/h16,18,44,46,52,54,57-58,61-62H,3-15,17,19-43,45,47-51,53,55-56H2,1-2H3,(H,60,63)/b18-16+,46-44+,54-52+. The fraction of sp³-hybridized carbons (Fsp3) is 0.881. The maximum absolute atomic E-state index is 12.4. The van der Waals surface area contributed by atoms with E-state index in [-0.39, 0.29) is 12.5 Å². The van der Waals surface area contributed by atoms with Crippen LogP contribution < -0.4 is 5.32 Å². The molecule has 0 aliphatic heterocycles. The molecular formula is C59H113NO3. The van der Waals surface area contributed by atoms with E-state index in [1.165, 1.54) is 257 Å². The number of allylic oxidation sites excluding steroid dienone is 5. The summed E-state index contributed by atoms with van der Waals surface area (Å²) in [6.07, 6.45) is 74.7. The summed E-state index contributed by atoms with van der Waals surface area (Å²) < 4.78 is 0. The minimum absolute atomic E-state index is 0.0730. The lowest BCUT2D eigenvalue weighted by Crippen LogP contribution is -2.45. The van der Waals surface area contributed by atoms with E-state index >= 15 is 0 Å². The van der Waals surface area contributed by atoms with E-state index in [0.29, 0.717) is 6.42 Å². The molecule has 1 amide bonds. The molecule has 0 aromatic carbocycles. The van der Waals surface area contributed by atoms with Gasteiger partial charge in [-0.15, -0.1) is 0 Å². The maximum Gasteiger partial charge on any atom is 0.220 e. The predicted molar refractivity (Wildman–Crippen MR) is 281 cm³/mol. The van der Waals surface area contributed by atoms with Crippen LogP contribution in [0.15, 0.2) is 36.5 Å². The highest BCUT2D eigenvalue weighted by Gasteiger charge is 2.18. The summed E-state index contributed by atoms with van der Waals surface area (Å²) in [5.41, 5.74) is 0. The average molecular weight is 885 g/mol. The number of unbranched alkanes of at least 4 members (excludes halogenated alkanes) is 42. The number of nitrogens with one attached hydrogen (secondary N) is 1. The first-order valence-corrected chi connectivity index (χ1v) is 28.7. The molecule has 2 unspecified atom stereocenters. The molecule has 4 heteroatoms. The first-order chi connectivity index (χ1) is 31.2. The van der Waals surface area contributed by atoms with Crippen molar-refractivity contribution in [3.8, 4) is 0 Å². The maximum atomic E-state index is 12.4. The lowest BCUT2D eigenvalue weighted by Gasteiger charge is -2.19. The number of carbonyl (C=O) groups is 1. The Kier molecular flexibility index (Phi) is 53.7. The minimum Gasteiger partial charge on any atom is -0.394 e. The van der Waals surface area contributed by atoms with Gasteiger partial charge in [-0.2, -0.15) is 0 Å². The van der Waals surface area contributed by atoms with Crippen LogP contribution in [0.1, 0.15) is 316 Å². The summed E-state index contributed by atoms with van der Waals surface area (Å²) in [7, 11) is 0. The van der Waals surface area contributed by atoms with E-state index in [4.69, 9.17) is 0 Å². The molecule has 2 atom stereocenters. The third-order valence-electron chi connectivity index (χ3n) is 13.4. The molecule has 0 aromatic heterocycles. The van der Waals surface area contributed by atoms with Gasteiger partial charge in [0, 0.05) is 6.42 Å². The van der Waals surface area contributed by atoms with Crippen molar-refractivity contribution < 1.29 is 15.0 Å². The number of aliphatic hydroxyl groups is 2. The van der Waals surface area contributed by atoms with Crippen LogP contribution in [0.25, 0.3) is 0 Å². The summed E-state index contributed by atoms with van der Waals surface area (Å²) >= 11 is 0. The van der Waals surface area contributed by atoms with E-state index in [9.17, 15) is 15.0 Å². The van der Waals surface area contributed by atoms with Gasteiger partial charge in [0.25, 0.3) is 0 Å². The zero-order valence-electron chi connectivity index (χ0n) is 42.9. The van der Waals surface area contributed by atoms with E-state index in [0.717, 1.165) is 38.5 Å². The smallest absolute Gasteiger partial charge is 0.220 e.